The molecule has 0 spiro atoms. The van der Waals surface area contributed by atoms with Crippen molar-refractivity contribution < 1.29 is 9.53 Å². The number of carbonyl (C=O) groups excluding carboxylic acids is 1. The van der Waals surface area contributed by atoms with E-state index in [9.17, 15) is 4.79 Å². The molecule has 6 heteroatoms. The van der Waals surface area contributed by atoms with Gasteiger partial charge in [-0.2, -0.15) is 0 Å². The predicted molar refractivity (Wildman–Crippen MR) is 110 cm³/mol. The molecule has 1 aliphatic heterocycles. The summed E-state index contributed by atoms with van der Waals surface area (Å²) in [7, 11) is 0. The topological polar surface area (TPSA) is 53.6 Å². The van der Waals surface area contributed by atoms with Crippen LogP contribution in [0.5, 0.6) is 0 Å². The van der Waals surface area contributed by atoms with Crippen LogP contribution in [0.15, 0.2) is 35.5 Å². The van der Waals surface area contributed by atoms with Gasteiger partial charge in [0.2, 0.25) is 0 Å². The van der Waals surface area contributed by atoms with Crippen LogP contribution in [-0.4, -0.2) is 30.8 Å². The van der Waals surface area contributed by atoms with Crippen molar-refractivity contribution in [2.75, 3.05) is 24.6 Å². The van der Waals surface area contributed by atoms with Crippen LogP contribution in [0.3, 0.4) is 0 Å². The van der Waals surface area contributed by atoms with Gasteiger partial charge in [-0.3, -0.25) is 0 Å². The highest BCUT2D eigenvalue weighted by molar-refractivity contribution is 7.80. The summed E-state index contributed by atoms with van der Waals surface area (Å²) < 4.78 is 5.47. The van der Waals surface area contributed by atoms with Crippen molar-refractivity contribution in [1.29, 1.82) is 0 Å². The molecule has 0 fully saturated rings. The van der Waals surface area contributed by atoms with E-state index in [0.717, 1.165) is 24.4 Å². The van der Waals surface area contributed by atoms with Crippen molar-refractivity contribution in [2.24, 2.45) is 5.92 Å². The minimum atomic E-state index is -0.311. The lowest BCUT2D eigenvalue weighted by molar-refractivity contribution is -0.140. The number of nitrogens with zero attached hydrogens (tertiary/aromatic N) is 1. The van der Waals surface area contributed by atoms with Gasteiger partial charge < -0.3 is 20.3 Å². The van der Waals surface area contributed by atoms with E-state index in [4.69, 9.17) is 17.0 Å². The number of esters is 1. The fourth-order valence-electron chi connectivity index (χ4n) is 3.00. The first-order valence-electron chi connectivity index (χ1n) is 9.17. The van der Waals surface area contributed by atoms with E-state index in [0.29, 0.717) is 17.3 Å². The molecular weight excluding hydrogens is 346 g/mol. The molecule has 0 aromatic heterocycles. The standard InChI is InChI=1S/C20H29N3O2S/c1-6-23(7-2)16-10-8-15(9-11-16)18-17(14(5)21-20(26)22-18)19(24)25-12-13(3)4/h8-11,13,18H,6-7,12H2,1-5H3,(H2,21,22,26). The van der Waals surface area contributed by atoms with Crippen molar-refractivity contribution in [1.82, 2.24) is 10.6 Å². The smallest absolute Gasteiger partial charge is 0.338 e. The highest BCUT2D eigenvalue weighted by atomic mass is 32.1. The van der Waals surface area contributed by atoms with E-state index in [-0.39, 0.29) is 17.9 Å². The summed E-state index contributed by atoms with van der Waals surface area (Å²) in [6.07, 6.45) is 0. The molecule has 142 valence electrons. The molecule has 0 radical (unpaired) electrons. The predicted octanol–water partition coefficient (Wildman–Crippen LogP) is 3.52. The Bertz CT molecular complexity index is 679. The van der Waals surface area contributed by atoms with Gasteiger partial charge in [-0.05, 0) is 56.6 Å². The van der Waals surface area contributed by atoms with Gasteiger partial charge >= 0.3 is 5.97 Å². The van der Waals surface area contributed by atoms with Gasteiger partial charge in [0, 0.05) is 24.5 Å². The number of ether oxygens (including phenoxy) is 1. The van der Waals surface area contributed by atoms with Crippen LogP contribution < -0.4 is 15.5 Å². The third kappa shape index (κ3) is 4.75. The summed E-state index contributed by atoms with van der Waals surface area (Å²) in [5, 5.41) is 6.76. The Morgan fingerprint density at radius 2 is 1.85 bits per heavy atom. The van der Waals surface area contributed by atoms with Gasteiger partial charge in [0.15, 0.2) is 5.11 Å². The van der Waals surface area contributed by atoms with Crippen LogP contribution in [0.4, 0.5) is 5.69 Å². The second kappa shape index (κ2) is 9.03. The Balaban J connectivity index is 2.30. The van der Waals surface area contributed by atoms with E-state index >= 15 is 0 Å². The Morgan fingerprint density at radius 1 is 1.23 bits per heavy atom. The maximum Gasteiger partial charge on any atom is 0.338 e. The number of nitrogens with one attached hydrogen (secondary N) is 2. The van der Waals surface area contributed by atoms with E-state index in [1.807, 2.05) is 32.9 Å². The number of carbonyl (C=O) groups is 1. The molecule has 5 nitrogen and oxygen atoms in total. The molecular formula is C20H29N3O2S. The highest BCUT2D eigenvalue weighted by Crippen LogP contribution is 2.29. The number of benzene rings is 1. The molecule has 1 heterocycles. The van der Waals surface area contributed by atoms with Crippen LogP contribution in [0.2, 0.25) is 0 Å². The molecule has 0 bridgehead atoms. The number of thiocarbonyl (C=S) groups is 1. The van der Waals surface area contributed by atoms with Crippen molar-refractivity contribution in [3.8, 4) is 0 Å². The minimum absolute atomic E-state index is 0.289. The van der Waals surface area contributed by atoms with Crippen LogP contribution >= 0.6 is 12.2 Å². The molecule has 0 saturated heterocycles. The first kappa shape index (κ1) is 20.2. The zero-order chi connectivity index (χ0) is 19.3. The van der Waals surface area contributed by atoms with Crippen LogP contribution in [0.25, 0.3) is 0 Å². The number of anilines is 1. The molecule has 1 atom stereocenters. The van der Waals surface area contributed by atoms with Crippen molar-refractivity contribution in [3.05, 3.63) is 41.1 Å². The molecule has 1 aromatic rings. The Labute approximate surface area is 161 Å². The average Bonchev–Trinajstić information content (AvgIpc) is 2.60. The quantitative estimate of drug-likeness (QED) is 0.562. The molecule has 2 N–H and O–H groups in total. The normalized spacial score (nSPS) is 17.0. The highest BCUT2D eigenvalue weighted by Gasteiger charge is 2.31. The fraction of sp³-hybridized carbons (Fsp3) is 0.500. The summed E-state index contributed by atoms with van der Waals surface area (Å²) in [5.74, 6) is -0.0197. The number of allylic oxidation sites excluding steroid dienone is 1. The van der Waals surface area contributed by atoms with Crippen molar-refractivity contribution >= 4 is 29.0 Å². The summed E-state index contributed by atoms with van der Waals surface area (Å²) in [5.41, 5.74) is 3.47. The second-order valence-corrected chi connectivity index (χ2v) is 7.23. The maximum atomic E-state index is 12.7. The Morgan fingerprint density at radius 3 is 2.38 bits per heavy atom. The minimum Gasteiger partial charge on any atom is -0.462 e. The second-order valence-electron chi connectivity index (χ2n) is 6.83. The van der Waals surface area contributed by atoms with E-state index in [2.05, 4.69) is 41.5 Å². The van der Waals surface area contributed by atoms with Gasteiger partial charge in [0.25, 0.3) is 0 Å². The molecule has 1 aliphatic rings. The molecule has 26 heavy (non-hydrogen) atoms. The summed E-state index contributed by atoms with van der Waals surface area (Å²) >= 11 is 5.29. The summed E-state index contributed by atoms with van der Waals surface area (Å²) in [6, 6.07) is 7.95. The van der Waals surface area contributed by atoms with E-state index < -0.39 is 0 Å². The molecule has 2 rings (SSSR count). The lowest BCUT2D eigenvalue weighted by Gasteiger charge is -2.30. The van der Waals surface area contributed by atoms with Gasteiger partial charge in [0.05, 0.1) is 18.2 Å². The van der Waals surface area contributed by atoms with Crippen LogP contribution in [0, 0.1) is 5.92 Å². The third-order valence-corrected chi connectivity index (χ3v) is 4.61. The monoisotopic (exact) mass is 375 g/mol. The Kier molecular flexibility index (Phi) is 7.03. The van der Waals surface area contributed by atoms with Crippen LogP contribution in [-0.2, 0) is 9.53 Å². The Hall–Kier alpha value is -2.08. The largest absolute Gasteiger partial charge is 0.462 e. The van der Waals surface area contributed by atoms with Crippen molar-refractivity contribution in [2.45, 2.75) is 40.7 Å². The zero-order valence-corrected chi connectivity index (χ0v) is 17.1. The van der Waals surface area contributed by atoms with Gasteiger partial charge in [-0.15, -0.1) is 0 Å². The number of hydrogen-bond acceptors (Lipinski definition) is 4. The SMILES string of the molecule is CCN(CC)c1ccc(C2NC(=S)NC(C)=C2C(=O)OCC(C)C)cc1. The number of rotatable bonds is 7. The molecule has 1 unspecified atom stereocenters. The average molecular weight is 376 g/mol. The lowest BCUT2D eigenvalue weighted by atomic mass is 9.95. The molecule has 0 saturated carbocycles. The van der Waals surface area contributed by atoms with E-state index in [1.54, 1.807) is 0 Å². The first-order chi connectivity index (χ1) is 12.4. The van der Waals surface area contributed by atoms with Crippen molar-refractivity contribution in [3.63, 3.8) is 0 Å². The molecule has 1 aromatic carbocycles. The molecule has 0 amide bonds. The summed E-state index contributed by atoms with van der Waals surface area (Å²) in [6.45, 7) is 12.5. The number of hydrogen-bond donors (Lipinski definition) is 2. The zero-order valence-electron chi connectivity index (χ0n) is 16.3. The van der Waals surface area contributed by atoms with E-state index in [1.165, 1.54) is 5.69 Å². The van der Waals surface area contributed by atoms with Gasteiger partial charge in [-0.1, -0.05) is 26.0 Å². The van der Waals surface area contributed by atoms with Gasteiger partial charge in [0.1, 0.15) is 0 Å². The maximum absolute atomic E-state index is 12.7. The molecule has 0 aliphatic carbocycles. The van der Waals surface area contributed by atoms with Gasteiger partial charge in [-0.25, -0.2) is 4.79 Å². The first-order valence-corrected chi connectivity index (χ1v) is 9.58. The fourth-order valence-corrected chi connectivity index (χ4v) is 3.27. The van der Waals surface area contributed by atoms with Crippen LogP contribution in [0.1, 0.15) is 46.2 Å². The summed E-state index contributed by atoms with van der Waals surface area (Å²) in [4.78, 5) is 14.9. The third-order valence-electron chi connectivity index (χ3n) is 4.39. The lowest BCUT2D eigenvalue weighted by Crippen LogP contribution is -2.45.